The molecule has 28 heavy (non-hydrogen) atoms. The van der Waals surface area contributed by atoms with E-state index in [4.69, 9.17) is 9.47 Å². The number of benzene rings is 2. The minimum absolute atomic E-state index is 0.00295. The molecule has 0 aromatic heterocycles. The van der Waals surface area contributed by atoms with Gasteiger partial charge in [0.25, 0.3) is 5.91 Å². The van der Waals surface area contributed by atoms with Gasteiger partial charge in [-0.2, -0.15) is 5.10 Å². The predicted octanol–water partition coefficient (Wildman–Crippen LogP) is 4.38. The first kappa shape index (κ1) is 21.8. The second-order valence-corrected chi connectivity index (χ2v) is 8.18. The van der Waals surface area contributed by atoms with Gasteiger partial charge in [0.1, 0.15) is 5.75 Å². The number of hydrogen-bond donors (Lipinski definition) is 2. The average Bonchev–Trinajstić information content (AvgIpc) is 2.64. The Bertz CT molecular complexity index is 858. The third-order valence-electron chi connectivity index (χ3n) is 4.06. The van der Waals surface area contributed by atoms with Crippen molar-refractivity contribution in [2.45, 2.75) is 39.2 Å². The van der Waals surface area contributed by atoms with Crippen LogP contribution in [0.25, 0.3) is 0 Å². The fourth-order valence-electron chi connectivity index (χ4n) is 2.38. The maximum atomic E-state index is 12.2. The molecule has 6 nitrogen and oxygen atoms in total. The van der Waals surface area contributed by atoms with E-state index < -0.39 is 6.10 Å². The molecule has 2 aromatic carbocycles. The number of halogens is 1. The molecule has 0 fully saturated rings. The van der Waals surface area contributed by atoms with Gasteiger partial charge in [-0.3, -0.25) is 4.79 Å². The average molecular weight is 449 g/mol. The van der Waals surface area contributed by atoms with E-state index in [1.54, 1.807) is 19.1 Å². The van der Waals surface area contributed by atoms with Crippen molar-refractivity contribution in [3.63, 3.8) is 0 Å². The molecule has 0 saturated carbocycles. The van der Waals surface area contributed by atoms with Crippen LogP contribution in [0, 0.1) is 0 Å². The van der Waals surface area contributed by atoms with Gasteiger partial charge in [-0.15, -0.1) is 0 Å². The summed E-state index contributed by atoms with van der Waals surface area (Å²) in [6.07, 6.45) is 0.744. The third kappa shape index (κ3) is 5.73. The highest BCUT2D eigenvalue weighted by Crippen LogP contribution is 2.34. The number of carbonyl (C=O) groups is 1. The quantitative estimate of drug-likeness (QED) is 0.507. The number of nitrogens with one attached hydrogen (secondary N) is 1. The Hall–Kier alpha value is -2.54. The maximum absolute atomic E-state index is 12.2. The third-order valence-corrected chi connectivity index (χ3v) is 4.67. The molecule has 0 heterocycles. The minimum Gasteiger partial charge on any atom is -0.503 e. The Labute approximate surface area is 173 Å². The van der Waals surface area contributed by atoms with Gasteiger partial charge in [-0.05, 0) is 63.7 Å². The van der Waals surface area contributed by atoms with Gasteiger partial charge in [0.05, 0.1) is 17.8 Å². The summed E-state index contributed by atoms with van der Waals surface area (Å²) in [5.74, 6) is 0.550. The lowest BCUT2D eigenvalue weighted by atomic mass is 9.87. The monoisotopic (exact) mass is 448 g/mol. The van der Waals surface area contributed by atoms with E-state index >= 15 is 0 Å². The molecule has 1 amide bonds. The van der Waals surface area contributed by atoms with Crippen molar-refractivity contribution in [2.24, 2.45) is 5.10 Å². The molecule has 0 aliphatic heterocycles. The zero-order valence-electron chi connectivity index (χ0n) is 16.6. The number of hydrazone groups is 1. The first-order chi connectivity index (χ1) is 13.1. The number of amides is 1. The molecule has 2 aromatic rings. The van der Waals surface area contributed by atoms with Crippen molar-refractivity contribution >= 4 is 28.1 Å². The van der Waals surface area contributed by atoms with Crippen LogP contribution in [-0.2, 0) is 10.2 Å². The molecule has 0 aliphatic rings. The van der Waals surface area contributed by atoms with Crippen molar-refractivity contribution in [3.05, 3.63) is 52.0 Å². The SMILES string of the molecule is COc1cc(/C=N/NC(=O)C(C)Oc2ccc(C(C)(C)C)cc2)cc(Br)c1O. The van der Waals surface area contributed by atoms with Crippen molar-refractivity contribution in [3.8, 4) is 17.2 Å². The Morgan fingerprint density at radius 1 is 1.25 bits per heavy atom. The normalized spacial score (nSPS) is 12.6. The molecule has 0 bridgehead atoms. The number of aromatic hydroxyl groups is 1. The molecule has 150 valence electrons. The van der Waals surface area contributed by atoms with Crippen LogP contribution in [0.3, 0.4) is 0 Å². The summed E-state index contributed by atoms with van der Waals surface area (Å²) in [6, 6.07) is 11.0. The Morgan fingerprint density at radius 3 is 2.46 bits per heavy atom. The number of phenols is 1. The van der Waals surface area contributed by atoms with Crippen molar-refractivity contribution in [1.29, 1.82) is 0 Å². The molecule has 0 aliphatic carbocycles. The maximum Gasteiger partial charge on any atom is 0.280 e. The lowest BCUT2D eigenvalue weighted by Gasteiger charge is -2.20. The van der Waals surface area contributed by atoms with Crippen molar-refractivity contribution < 1.29 is 19.4 Å². The Balaban J connectivity index is 1.95. The van der Waals surface area contributed by atoms with Gasteiger partial charge in [-0.1, -0.05) is 32.9 Å². The first-order valence-electron chi connectivity index (χ1n) is 8.78. The van der Waals surface area contributed by atoms with Gasteiger partial charge in [0, 0.05) is 0 Å². The van der Waals surface area contributed by atoms with E-state index in [0.717, 1.165) is 0 Å². The molecule has 0 spiro atoms. The molecular formula is C21H25BrN2O4. The summed E-state index contributed by atoms with van der Waals surface area (Å²) in [4.78, 5) is 12.2. The number of ether oxygens (including phenoxy) is 2. The first-order valence-corrected chi connectivity index (χ1v) is 9.57. The number of hydrogen-bond acceptors (Lipinski definition) is 5. The molecule has 0 saturated heterocycles. The summed E-state index contributed by atoms with van der Waals surface area (Å²) in [5, 5.41) is 13.7. The van der Waals surface area contributed by atoms with Crippen LogP contribution < -0.4 is 14.9 Å². The number of carbonyl (C=O) groups excluding carboxylic acids is 1. The molecular weight excluding hydrogens is 424 g/mol. The lowest BCUT2D eigenvalue weighted by molar-refractivity contribution is -0.127. The fourth-order valence-corrected chi connectivity index (χ4v) is 2.84. The van der Waals surface area contributed by atoms with E-state index in [1.165, 1.54) is 18.9 Å². The molecule has 1 unspecified atom stereocenters. The van der Waals surface area contributed by atoms with Crippen LogP contribution in [-0.4, -0.2) is 30.4 Å². The van der Waals surface area contributed by atoms with Crippen LogP contribution in [0.2, 0.25) is 0 Å². The van der Waals surface area contributed by atoms with E-state index in [9.17, 15) is 9.90 Å². The zero-order valence-corrected chi connectivity index (χ0v) is 18.2. The summed E-state index contributed by atoms with van der Waals surface area (Å²) in [7, 11) is 1.46. The van der Waals surface area contributed by atoms with Gasteiger partial charge in [-0.25, -0.2) is 5.43 Å². The number of rotatable bonds is 6. The smallest absolute Gasteiger partial charge is 0.280 e. The fraction of sp³-hybridized carbons (Fsp3) is 0.333. The van der Waals surface area contributed by atoms with E-state index in [-0.39, 0.29) is 17.1 Å². The Kier molecular flexibility index (Phi) is 7.07. The highest BCUT2D eigenvalue weighted by molar-refractivity contribution is 9.10. The standard InChI is InChI=1S/C21H25BrN2O4/c1-13(28-16-8-6-15(7-9-16)21(2,3)4)20(26)24-23-12-14-10-17(22)19(25)18(11-14)27-5/h6-13,25H,1-5H3,(H,24,26)/b23-12+. The van der Waals surface area contributed by atoms with Gasteiger partial charge < -0.3 is 14.6 Å². The second kappa shape index (κ2) is 9.10. The number of methoxy groups -OCH3 is 1. The summed E-state index contributed by atoms with van der Waals surface area (Å²) in [5.41, 5.74) is 4.34. The van der Waals surface area contributed by atoms with Crippen LogP contribution in [0.15, 0.2) is 46.0 Å². The zero-order chi connectivity index (χ0) is 20.9. The highest BCUT2D eigenvalue weighted by Gasteiger charge is 2.16. The highest BCUT2D eigenvalue weighted by atomic mass is 79.9. The lowest BCUT2D eigenvalue weighted by Crippen LogP contribution is -2.33. The predicted molar refractivity (Wildman–Crippen MR) is 113 cm³/mol. The van der Waals surface area contributed by atoms with Crippen LogP contribution in [0.1, 0.15) is 38.8 Å². The Morgan fingerprint density at radius 2 is 1.89 bits per heavy atom. The number of nitrogens with zero attached hydrogens (tertiary/aromatic N) is 1. The van der Waals surface area contributed by atoms with Gasteiger partial charge >= 0.3 is 0 Å². The minimum atomic E-state index is -0.710. The van der Waals surface area contributed by atoms with Crippen LogP contribution >= 0.6 is 15.9 Å². The summed E-state index contributed by atoms with van der Waals surface area (Å²) in [6.45, 7) is 8.07. The van der Waals surface area contributed by atoms with E-state index in [0.29, 0.717) is 21.5 Å². The van der Waals surface area contributed by atoms with Crippen molar-refractivity contribution in [2.75, 3.05) is 7.11 Å². The number of phenolic OH excluding ortho intramolecular Hbond substituents is 1. The molecule has 1 atom stereocenters. The van der Waals surface area contributed by atoms with Crippen molar-refractivity contribution in [1.82, 2.24) is 5.43 Å². The molecule has 7 heteroatoms. The topological polar surface area (TPSA) is 80.2 Å². The largest absolute Gasteiger partial charge is 0.503 e. The van der Waals surface area contributed by atoms with Gasteiger partial charge in [0.2, 0.25) is 0 Å². The summed E-state index contributed by atoms with van der Waals surface area (Å²) >= 11 is 3.24. The van der Waals surface area contributed by atoms with Crippen LogP contribution in [0.5, 0.6) is 17.2 Å². The van der Waals surface area contributed by atoms with E-state index in [2.05, 4.69) is 47.2 Å². The second-order valence-electron chi connectivity index (χ2n) is 7.32. The molecule has 0 radical (unpaired) electrons. The van der Waals surface area contributed by atoms with Crippen LogP contribution in [0.4, 0.5) is 0 Å². The van der Waals surface area contributed by atoms with Gasteiger partial charge in [0.15, 0.2) is 17.6 Å². The van der Waals surface area contributed by atoms with E-state index in [1.807, 2.05) is 24.3 Å². The molecule has 2 N–H and O–H groups in total. The molecule has 2 rings (SSSR count). The summed E-state index contributed by atoms with van der Waals surface area (Å²) < 4.78 is 11.2.